The van der Waals surface area contributed by atoms with Gasteiger partial charge in [-0.25, -0.2) is 4.68 Å². The van der Waals surface area contributed by atoms with Crippen molar-refractivity contribution in [3.63, 3.8) is 0 Å². The van der Waals surface area contributed by atoms with E-state index in [-0.39, 0.29) is 6.04 Å². The van der Waals surface area contributed by atoms with Gasteiger partial charge in [-0.2, -0.15) is 5.10 Å². The Hall–Kier alpha value is -1.82. The standard InChI is InChI=1S/C17H16Cl2N4S/c1-11(2)22-17-23(21-9-13-4-3-7-20-13)16(10-24-17)12-5-6-14(18)15(19)8-12/h3-11,20H,1-2H3. The molecule has 2 aromatic heterocycles. The number of nitrogens with zero attached hydrogens (tertiary/aromatic N) is 3. The summed E-state index contributed by atoms with van der Waals surface area (Å²) in [6.07, 6.45) is 3.63. The van der Waals surface area contributed by atoms with Gasteiger partial charge in [0.2, 0.25) is 4.80 Å². The zero-order chi connectivity index (χ0) is 17.1. The maximum atomic E-state index is 6.16. The van der Waals surface area contributed by atoms with Crippen LogP contribution in [0.1, 0.15) is 19.5 Å². The van der Waals surface area contributed by atoms with Gasteiger partial charge in [-0.15, -0.1) is 11.3 Å². The van der Waals surface area contributed by atoms with E-state index >= 15 is 0 Å². The summed E-state index contributed by atoms with van der Waals surface area (Å²) in [6.45, 7) is 4.08. The molecule has 0 saturated heterocycles. The largest absolute Gasteiger partial charge is 0.360 e. The summed E-state index contributed by atoms with van der Waals surface area (Å²) < 4.78 is 1.82. The Morgan fingerprint density at radius 1 is 1.21 bits per heavy atom. The van der Waals surface area contributed by atoms with Crippen LogP contribution in [0.25, 0.3) is 11.3 Å². The number of H-pyrrole nitrogens is 1. The molecule has 0 aliphatic heterocycles. The Bertz CT molecular complexity index is 920. The van der Waals surface area contributed by atoms with Crippen molar-refractivity contribution in [2.24, 2.45) is 10.1 Å². The molecule has 1 aromatic carbocycles. The Kier molecular flexibility index (Phi) is 5.23. The van der Waals surface area contributed by atoms with Crippen molar-refractivity contribution in [2.45, 2.75) is 19.9 Å². The van der Waals surface area contributed by atoms with E-state index in [0.717, 1.165) is 21.8 Å². The van der Waals surface area contributed by atoms with Crippen molar-refractivity contribution in [3.8, 4) is 11.3 Å². The average molecular weight is 379 g/mol. The number of hydrogen-bond acceptors (Lipinski definition) is 3. The number of nitrogens with one attached hydrogen (secondary N) is 1. The van der Waals surface area contributed by atoms with Gasteiger partial charge >= 0.3 is 0 Å². The average Bonchev–Trinajstić information content (AvgIpc) is 3.17. The van der Waals surface area contributed by atoms with E-state index in [1.165, 1.54) is 0 Å². The van der Waals surface area contributed by atoms with Crippen molar-refractivity contribution in [3.05, 3.63) is 62.4 Å². The van der Waals surface area contributed by atoms with E-state index in [2.05, 4.69) is 15.1 Å². The Morgan fingerprint density at radius 2 is 2.04 bits per heavy atom. The van der Waals surface area contributed by atoms with Gasteiger partial charge in [-0.05, 0) is 38.1 Å². The second kappa shape index (κ2) is 7.38. The molecule has 7 heteroatoms. The molecule has 0 atom stereocenters. The monoisotopic (exact) mass is 378 g/mol. The Morgan fingerprint density at radius 3 is 2.71 bits per heavy atom. The van der Waals surface area contributed by atoms with E-state index in [9.17, 15) is 0 Å². The van der Waals surface area contributed by atoms with Crippen molar-refractivity contribution < 1.29 is 0 Å². The Labute approximate surface area is 154 Å². The highest BCUT2D eigenvalue weighted by Gasteiger charge is 2.09. The molecule has 4 nitrogen and oxygen atoms in total. The van der Waals surface area contributed by atoms with Gasteiger partial charge in [0.15, 0.2) is 0 Å². The second-order valence-corrected chi connectivity index (χ2v) is 7.09. The number of rotatable bonds is 4. The minimum atomic E-state index is 0.178. The summed E-state index contributed by atoms with van der Waals surface area (Å²) >= 11 is 13.7. The lowest BCUT2D eigenvalue weighted by atomic mass is 10.2. The third-order valence-corrected chi connectivity index (χ3v) is 4.77. The maximum Gasteiger partial charge on any atom is 0.206 e. The molecule has 3 aromatic rings. The second-order valence-electron chi connectivity index (χ2n) is 5.44. The van der Waals surface area contributed by atoms with Crippen LogP contribution >= 0.6 is 34.5 Å². The number of aromatic amines is 1. The van der Waals surface area contributed by atoms with E-state index in [1.807, 2.05) is 54.4 Å². The molecule has 2 heterocycles. The minimum Gasteiger partial charge on any atom is -0.360 e. The number of thiazole rings is 1. The summed E-state index contributed by atoms with van der Waals surface area (Å²) in [5.74, 6) is 0. The molecule has 0 aliphatic carbocycles. The molecule has 0 amide bonds. The van der Waals surface area contributed by atoms with Gasteiger partial charge in [0, 0.05) is 23.2 Å². The van der Waals surface area contributed by atoms with Crippen LogP contribution in [0.2, 0.25) is 10.0 Å². The van der Waals surface area contributed by atoms with Crippen LogP contribution in [0.15, 0.2) is 52.0 Å². The van der Waals surface area contributed by atoms with Crippen LogP contribution in [0.3, 0.4) is 0 Å². The lowest BCUT2D eigenvalue weighted by molar-refractivity contribution is 0.754. The third kappa shape index (κ3) is 3.80. The fraction of sp³-hybridized carbons (Fsp3) is 0.176. The first-order valence-corrected chi connectivity index (χ1v) is 9.05. The molecule has 3 rings (SSSR count). The van der Waals surface area contributed by atoms with E-state index in [0.29, 0.717) is 10.0 Å². The molecule has 124 valence electrons. The van der Waals surface area contributed by atoms with Crippen LogP contribution in [-0.4, -0.2) is 21.9 Å². The van der Waals surface area contributed by atoms with E-state index < -0.39 is 0 Å². The molecule has 0 fully saturated rings. The molecule has 1 N–H and O–H groups in total. The van der Waals surface area contributed by atoms with Crippen molar-refractivity contribution in [1.82, 2.24) is 9.66 Å². The molecule has 0 radical (unpaired) electrons. The van der Waals surface area contributed by atoms with Crippen LogP contribution in [0.4, 0.5) is 0 Å². The van der Waals surface area contributed by atoms with Crippen LogP contribution in [0, 0.1) is 0 Å². The topological polar surface area (TPSA) is 45.4 Å². The van der Waals surface area contributed by atoms with Crippen molar-refractivity contribution in [1.29, 1.82) is 0 Å². The molecule has 0 spiro atoms. The summed E-state index contributed by atoms with van der Waals surface area (Å²) in [5, 5.41) is 7.66. The van der Waals surface area contributed by atoms with Crippen molar-refractivity contribution >= 4 is 40.8 Å². The van der Waals surface area contributed by atoms with Gasteiger partial charge in [0.05, 0.1) is 27.6 Å². The zero-order valence-electron chi connectivity index (χ0n) is 13.2. The molecule has 24 heavy (non-hydrogen) atoms. The third-order valence-electron chi connectivity index (χ3n) is 3.20. The normalized spacial score (nSPS) is 12.6. The first-order valence-electron chi connectivity index (χ1n) is 7.42. The summed E-state index contributed by atoms with van der Waals surface area (Å²) in [4.78, 5) is 8.58. The van der Waals surface area contributed by atoms with Gasteiger partial charge in [-0.1, -0.05) is 29.3 Å². The van der Waals surface area contributed by atoms with Crippen LogP contribution < -0.4 is 4.80 Å². The van der Waals surface area contributed by atoms with Crippen LogP contribution in [0.5, 0.6) is 0 Å². The van der Waals surface area contributed by atoms with E-state index in [4.69, 9.17) is 23.2 Å². The van der Waals surface area contributed by atoms with Crippen molar-refractivity contribution in [2.75, 3.05) is 0 Å². The maximum absolute atomic E-state index is 6.16. The molecular formula is C17H16Cl2N4S. The number of hydrogen-bond donors (Lipinski definition) is 1. The molecule has 0 bridgehead atoms. The molecule has 0 unspecified atom stereocenters. The number of aromatic nitrogens is 2. The zero-order valence-corrected chi connectivity index (χ0v) is 15.5. The van der Waals surface area contributed by atoms with Gasteiger partial charge in [0.1, 0.15) is 0 Å². The Balaban J connectivity index is 2.12. The predicted octanol–water partition coefficient (Wildman–Crippen LogP) is 5.04. The number of halogens is 2. The highest BCUT2D eigenvalue weighted by atomic mass is 35.5. The highest BCUT2D eigenvalue weighted by Crippen LogP contribution is 2.28. The SMILES string of the molecule is CC(C)N=c1scc(-c2ccc(Cl)c(Cl)c2)n1N=Cc1ccc[nH]1. The van der Waals surface area contributed by atoms with E-state index in [1.54, 1.807) is 23.6 Å². The summed E-state index contributed by atoms with van der Waals surface area (Å²) in [5.41, 5.74) is 2.78. The fourth-order valence-corrected chi connectivity index (χ4v) is 3.39. The lowest BCUT2D eigenvalue weighted by Gasteiger charge is -2.05. The van der Waals surface area contributed by atoms with Gasteiger partial charge in [0.25, 0.3) is 0 Å². The first-order chi connectivity index (χ1) is 11.5. The summed E-state index contributed by atoms with van der Waals surface area (Å²) in [7, 11) is 0. The lowest BCUT2D eigenvalue weighted by Crippen LogP contribution is -2.14. The first kappa shape index (κ1) is 17.0. The molecule has 0 aliphatic rings. The molecular weight excluding hydrogens is 363 g/mol. The fourth-order valence-electron chi connectivity index (χ4n) is 2.12. The smallest absolute Gasteiger partial charge is 0.206 e. The minimum absolute atomic E-state index is 0.178. The molecule has 0 saturated carbocycles. The van der Waals surface area contributed by atoms with Gasteiger partial charge in [-0.3, -0.25) is 4.99 Å². The van der Waals surface area contributed by atoms with Gasteiger partial charge < -0.3 is 4.98 Å². The highest BCUT2D eigenvalue weighted by molar-refractivity contribution is 7.07. The van der Waals surface area contributed by atoms with Crippen LogP contribution in [-0.2, 0) is 0 Å². The summed E-state index contributed by atoms with van der Waals surface area (Å²) in [6, 6.07) is 9.61. The predicted molar refractivity (Wildman–Crippen MR) is 102 cm³/mol. The quantitative estimate of drug-likeness (QED) is 0.617. The number of benzene rings is 1.